The van der Waals surface area contributed by atoms with Gasteiger partial charge >= 0.3 is 12.0 Å². The lowest BCUT2D eigenvalue weighted by Crippen LogP contribution is -2.43. The van der Waals surface area contributed by atoms with E-state index in [1.54, 1.807) is 0 Å². The van der Waals surface area contributed by atoms with Crippen LogP contribution in [0.25, 0.3) is 0 Å². The number of carboxylic acids is 1. The summed E-state index contributed by atoms with van der Waals surface area (Å²) in [4.78, 5) is 23.3. The summed E-state index contributed by atoms with van der Waals surface area (Å²) in [7, 11) is 0. The van der Waals surface area contributed by atoms with Gasteiger partial charge in [-0.3, -0.25) is 4.79 Å². The van der Waals surface area contributed by atoms with E-state index in [9.17, 15) is 9.59 Å². The highest BCUT2D eigenvalue weighted by molar-refractivity contribution is 5.80. The van der Waals surface area contributed by atoms with Crippen LogP contribution in [0.4, 0.5) is 4.79 Å². The van der Waals surface area contributed by atoms with Gasteiger partial charge in [-0.05, 0) is 12.8 Å². The first-order valence-corrected chi connectivity index (χ1v) is 5.29. The second kappa shape index (κ2) is 8.60. The van der Waals surface area contributed by atoms with Crippen LogP contribution in [0.15, 0.2) is 0 Å². The van der Waals surface area contributed by atoms with Crippen molar-refractivity contribution < 1.29 is 14.7 Å². The number of urea groups is 1. The molecule has 0 heterocycles. The highest BCUT2D eigenvalue weighted by Crippen LogP contribution is 1.93. The Morgan fingerprint density at radius 1 is 1.50 bits per heavy atom. The van der Waals surface area contributed by atoms with Crippen molar-refractivity contribution in [2.45, 2.75) is 26.2 Å². The standard InChI is InChI=1S/C11H18N2O3/c1-3-5-6-7-12-11(16)13(8-4-2)9-10(14)15/h1H,4-9H2,2H3,(H,12,16)(H,14,15). The first-order valence-electron chi connectivity index (χ1n) is 5.29. The van der Waals surface area contributed by atoms with Crippen molar-refractivity contribution in [1.82, 2.24) is 10.2 Å². The highest BCUT2D eigenvalue weighted by atomic mass is 16.4. The molecule has 16 heavy (non-hydrogen) atoms. The molecule has 2 N–H and O–H groups in total. The monoisotopic (exact) mass is 226 g/mol. The molecular formula is C11H18N2O3. The van der Waals surface area contributed by atoms with Crippen LogP contribution in [0.3, 0.4) is 0 Å². The van der Waals surface area contributed by atoms with E-state index < -0.39 is 5.97 Å². The minimum Gasteiger partial charge on any atom is -0.480 e. The fraction of sp³-hybridized carbons (Fsp3) is 0.636. The number of amides is 2. The van der Waals surface area contributed by atoms with E-state index in [4.69, 9.17) is 11.5 Å². The van der Waals surface area contributed by atoms with Crippen LogP contribution in [0.1, 0.15) is 26.2 Å². The molecule has 0 unspecified atom stereocenters. The van der Waals surface area contributed by atoms with E-state index in [1.807, 2.05) is 6.92 Å². The predicted octanol–water partition coefficient (Wildman–Crippen LogP) is 0.906. The van der Waals surface area contributed by atoms with Gasteiger partial charge in [0, 0.05) is 19.5 Å². The minimum absolute atomic E-state index is 0.269. The molecule has 0 rings (SSSR count). The topological polar surface area (TPSA) is 69.6 Å². The van der Waals surface area contributed by atoms with E-state index in [2.05, 4.69) is 11.2 Å². The molecule has 0 saturated carbocycles. The Morgan fingerprint density at radius 3 is 2.69 bits per heavy atom. The zero-order valence-corrected chi connectivity index (χ0v) is 9.53. The average molecular weight is 226 g/mol. The zero-order valence-electron chi connectivity index (χ0n) is 9.53. The summed E-state index contributed by atoms with van der Waals surface area (Å²) < 4.78 is 0. The van der Waals surface area contributed by atoms with Gasteiger partial charge in [0.05, 0.1) is 0 Å². The third-order valence-electron chi connectivity index (χ3n) is 1.88. The maximum absolute atomic E-state index is 11.5. The number of hydrogen-bond acceptors (Lipinski definition) is 2. The summed E-state index contributed by atoms with van der Waals surface area (Å²) in [5.74, 6) is 1.46. The van der Waals surface area contributed by atoms with Gasteiger partial charge in [-0.1, -0.05) is 6.92 Å². The van der Waals surface area contributed by atoms with Crippen molar-refractivity contribution in [1.29, 1.82) is 0 Å². The van der Waals surface area contributed by atoms with E-state index in [0.29, 0.717) is 25.9 Å². The molecule has 0 aromatic carbocycles. The smallest absolute Gasteiger partial charge is 0.323 e. The lowest BCUT2D eigenvalue weighted by Gasteiger charge is -2.20. The summed E-state index contributed by atoms with van der Waals surface area (Å²) in [5, 5.41) is 11.3. The number of nitrogens with zero attached hydrogens (tertiary/aromatic N) is 1. The summed E-state index contributed by atoms with van der Waals surface area (Å²) in [6, 6.07) is -0.346. The van der Waals surface area contributed by atoms with Gasteiger partial charge in [0.2, 0.25) is 0 Å². The molecule has 0 aliphatic heterocycles. The van der Waals surface area contributed by atoms with Crippen LogP contribution in [0.2, 0.25) is 0 Å². The molecule has 0 aliphatic rings. The Hall–Kier alpha value is -1.70. The molecule has 5 heteroatoms. The second-order valence-electron chi connectivity index (χ2n) is 3.35. The fourth-order valence-corrected chi connectivity index (χ4v) is 1.18. The molecule has 90 valence electrons. The number of carbonyl (C=O) groups excluding carboxylic acids is 1. The van der Waals surface area contributed by atoms with Crippen LogP contribution in [-0.2, 0) is 4.79 Å². The van der Waals surface area contributed by atoms with Gasteiger partial charge < -0.3 is 15.3 Å². The first-order chi connectivity index (χ1) is 7.61. The molecule has 0 radical (unpaired) electrons. The number of terminal acetylenes is 1. The maximum atomic E-state index is 11.5. The molecule has 0 fully saturated rings. The van der Waals surface area contributed by atoms with Crippen LogP contribution >= 0.6 is 0 Å². The Morgan fingerprint density at radius 2 is 2.19 bits per heavy atom. The van der Waals surface area contributed by atoms with Crippen LogP contribution in [0.5, 0.6) is 0 Å². The van der Waals surface area contributed by atoms with Crippen molar-refractivity contribution >= 4 is 12.0 Å². The molecule has 0 atom stereocenters. The Labute approximate surface area is 95.8 Å². The van der Waals surface area contributed by atoms with Crippen molar-refractivity contribution in [3.8, 4) is 12.3 Å². The molecule has 0 spiro atoms. The number of nitrogens with one attached hydrogen (secondary N) is 1. The predicted molar refractivity (Wildman–Crippen MR) is 61.0 cm³/mol. The van der Waals surface area contributed by atoms with Gasteiger partial charge in [0.15, 0.2) is 0 Å². The number of hydrogen-bond donors (Lipinski definition) is 2. The number of carbonyl (C=O) groups is 2. The number of aliphatic carboxylic acids is 1. The molecule has 0 aliphatic carbocycles. The van der Waals surface area contributed by atoms with Gasteiger partial charge in [0.25, 0.3) is 0 Å². The molecule has 0 aromatic heterocycles. The van der Waals surface area contributed by atoms with Gasteiger partial charge in [-0.15, -0.1) is 12.3 Å². The van der Waals surface area contributed by atoms with Crippen LogP contribution in [-0.4, -0.2) is 41.6 Å². The van der Waals surface area contributed by atoms with Crippen molar-refractivity contribution in [2.24, 2.45) is 0 Å². The molecule has 0 aromatic rings. The average Bonchev–Trinajstić information content (AvgIpc) is 2.23. The van der Waals surface area contributed by atoms with E-state index >= 15 is 0 Å². The summed E-state index contributed by atoms with van der Waals surface area (Å²) in [6.07, 6.45) is 7.10. The molecule has 2 amide bonds. The summed E-state index contributed by atoms with van der Waals surface area (Å²) in [5.41, 5.74) is 0. The van der Waals surface area contributed by atoms with Gasteiger partial charge in [-0.25, -0.2) is 4.79 Å². The summed E-state index contributed by atoms with van der Waals surface area (Å²) >= 11 is 0. The van der Waals surface area contributed by atoms with Gasteiger partial charge in [0.1, 0.15) is 6.54 Å². The fourth-order valence-electron chi connectivity index (χ4n) is 1.18. The molecule has 5 nitrogen and oxygen atoms in total. The zero-order chi connectivity index (χ0) is 12.4. The Kier molecular flexibility index (Phi) is 7.68. The van der Waals surface area contributed by atoms with Crippen LogP contribution in [0, 0.1) is 12.3 Å². The maximum Gasteiger partial charge on any atom is 0.323 e. The third kappa shape index (κ3) is 6.71. The molecular weight excluding hydrogens is 208 g/mol. The largest absolute Gasteiger partial charge is 0.480 e. The van der Waals surface area contributed by atoms with Crippen molar-refractivity contribution in [3.63, 3.8) is 0 Å². The normalized spacial score (nSPS) is 9.25. The molecule has 0 saturated heterocycles. The molecule has 0 bridgehead atoms. The van der Waals surface area contributed by atoms with Gasteiger partial charge in [-0.2, -0.15) is 0 Å². The lowest BCUT2D eigenvalue weighted by molar-refractivity contribution is -0.137. The van der Waals surface area contributed by atoms with E-state index in [-0.39, 0.29) is 12.6 Å². The highest BCUT2D eigenvalue weighted by Gasteiger charge is 2.14. The Bertz CT molecular complexity index is 271. The van der Waals surface area contributed by atoms with E-state index in [0.717, 1.165) is 6.42 Å². The first kappa shape index (κ1) is 14.3. The second-order valence-corrected chi connectivity index (χ2v) is 3.35. The number of carboxylic acid groups (broad SMARTS) is 1. The Balaban J connectivity index is 3.97. The number of unbranched alkanes of at least 4 members (excludes halogenated alkanes) is 1. The third-order valence-corrected chi connectivity index (χ3v) is 1.88. The number of rotatable bonds is 7. The summed E-state index contributed by atoms with van der Waals surface area (Å²) in [6.45, 7) is 2.53. The lowest BCUT2D eigenvalue weighted by atomic mass is 10.3. The van der Waals surface area contributed by atoms with E-state index in [1.165, 1.54) is 4.90 Å². The van der Waals surface area contributed by atoms with Crippen molar-refractivity contribution in [3.05, 3.63) is 0 Å². The van der Waals surface area contributed by atoms with Crippen LogP contribution < -0.4 is 5.32 Å². The minimum atomic E-state index is -1.01. The SMILES string of the molecule is C#CCCCNC(=O)N(CCC)CC(=O)O. The van der Waals surface area contributed by atoms with Crippen molar-refractivity contribution in [2.75, 3.05) is 19.6 Å². The quantitative estimate of drug-likeness (QED) is 0.500.